The normalized spacial score (nSPS) is 10.9. The number of halogens is 2. The summed E-state index contributed by atoms with van der Waals surface area (Å²) in [6.45, 7) is 0. The van der Waals surface area contributed by atoms with E-state index in [0.29, 0.717) is 0 Å². The van der Waals surface area contributed by atoms with Crippen LogP contribution in [0.25, 0.3) is 0 Å². The standard InChI is InChI=1S/C11H10F2N4OS/c12-10(13)6-3-5(14)1-2-7(6)19-11-16-8(15)4-9(18)17-11/h1-4,10H,14H2,(H3,15,16,17,18). The summed E-state index contributed by atoms with van der Waals surface area (Å²) in [7, 11) is 0. The average Bonchev–Trinajstić information content (AvgIpc) is 2.30. The minimum absolute atomic E-state index is 0.0280. The molecule has 5 N–H and O–H groups in total. The van der Waals surface area contributed by atoms with Gasteiger partial charge in [-0.2, -0.15) is 0 Å². The topological polar surface area (TPSA) is 97.8 Å². The molecule has 19 heavy (non-hydrogen) atoms. The van der Waals surface area contributed by atoms with E-state index in [-0.39, 0.29) is 27.1 Å². The number of aromatic amines is 1. The van der Waals surface area contributed by atoms with Gasteiger partial charge in [0.15, 0.2) is 5.16 Å². The monoisotopic (exact) mass is 284 g/mol. The summed E-state index contributed by atoms with van der Waals surface area (Å²) in [5.41, 5.74) is 10.5. The van der Waals surface area contributed by atoms with E-state index < -0.39 is 12.0 Å². The number of aromatic nitrogens is 2. The third-order valence-electron chi connectivity index (χ3n) is 2.22. The molecule has 0 radical (unpaired) electrons. The van der Waals surface area contributed by atoms with Crippen molar-refractivity contribution in [2.75, 3.05) is 11.5 Å². The van der Waals surface area contributed by atoms with Gasteiger partial charge in [-0.05, 0) is 18.2 Å². The smallest absolute Gasteiger partial charge is 0.265 e. The van der Waals surface area contributed by atoms with Crippen LogP contribution in [-0.4, -0.2) is 9.97 Å². The van der Waals surface area contributed by atoms with Crippen LogP contribution in [0, 0.1) is 0 Å². The van der Waals surface area contributed by atoms with E-state index in [1.165, 1.54) is 18.2 Å². The number of H-pyrrole nitrogens is 1. The van der Waals surface area contributed by atoms with Gasteiger partial charge in [0, 0.05) is 22.2 Å². The summed E-state index contributed by atoms with van der Waals surface area (Å²) in [6.07, 6.45) is -2.67. The Bertz CT molecular complexity index is 659. The number of nitrogens with two attached hydrogens (primary N) is 2. The first-order chi connectivity index (χ1) is 8.95. The van der Waals surface area contributed by atoms with Crippen LogP contribution >= 0.6 is 11.8 Å². The molecule has 0 bridgehead atoms. The zero-order valence-electron chi connectivity index (χ0n) is 9.56. The molecule has 0 fully saturated rings. The molecule has 0 aliphatic carbocycles. The minimum Gasteiger partial charge on any atom is -0.399 e. The van der Waals surface area contributed by atoms with E-state index in [4.69, 9.17) is 11.5 Å². The van der Waals surface area contributed by atoms with Crippen LogP contribution in [0.15, 0.2) is 39.1 Å². The van der Waals surface area contributed by atoms with Gasteiger partial charge in [-0.25, -0.2) is 13.8 Å². The lowest BCUT2D eigenvalue weighted by molar-refractivity contribution is 0.148. The summed E-state index contributed by atoms with van der Waals surface area (Å²) in [5.74, 6) is 0.0280. The van der Waals surface area contributed by atoms with Crippen LogP contribution in [-0.2, 0) is 0 Å². The van der Waals surface area contributed by atoms with E-state index >= 15 is 0 Å². The van der Waals surface area contributed by atoms with Crippen molar-refractivity contribution in [3.05, 3.63) is 40.2 Å². The number of alkyl halides is 2. The van der Waals surface area contributed by atoms with Crippen LogP contribution in [0.4, 0.5) is 20.3 Å². The number of nitrogen functional groups attached to an aromatic ring is 2. The predicted molar refractivity (Wildman–Crippen MR) is 69.2 cm³/mol. The molecule has 0 saturated heterocycles. The highest BCUT2D eigenvalue weighted by Gasteiger charge is 2.15. The highest BCUT2D eigenvalue weighted by Crippen LogP contribution is 2.34. The Hall–Kier alpha value is -2.09. The van der Waals surface area contributed by atoms with Crippen molar-refractivity contribution >= 4 is 23.3 Å². The Morgan fingerprint density at radius 2 is 2.00 bits per heavy atom. The maximum Gasteiger partial charge on any atom is 0.265 e. The minimum atomic E-state index is -2.67. The number of nitrogens with one attached hydrogen (secondary N) is 1. The summed E-state index contributed by atoms with van der Waals surface area (Å²) < 4.78 is 25.8. The molecule has 2 rings (SSSR count). The van der Waals surface area contributed by atoms with Crippen molar-refractivity contribution in [3.8, 4) is 0 Å². The molecule has 1 heterocycles. The van der Waals surface area contributed by atoms with Gasteiger partial charge in [0.2, 0.25) is 0 Å². The van der Waals surface area contributed by atoms with Crippen molar-refractivity contribution in [1.29, 1.82) is 0 Å². The fourth-order valence-corrected chi connectivity index (χ4v) is 2.35. The highest BCUT2D eigenvalue weighted by atomic mass is 32.2. The maximum absolute atomic E-state index is 12.9. The third kappa shape index (κ3) is 3.22. The molecule has 2 aromatic rings. The second-order valence-corrected chi connectivity index (χ2v) is 4.71. The molecule has 0 aliphatic heterocycles. The molecule has 0 amide bonds. The zero-order chi connectivity index (χ0) is 14.0. The van der Waals surface area contributed by atoms with E-state index in [1.807, 2.05) is 0 Å². The lowest BCUT2D eigenvalue weighted by Crippen LogP contribution is -2.09. The second kappa shape index (κ2) is 5.27. The van der Waals surface area contributed by atoms with Crippen molar-refractivity contribution in [2.24, 2.45) is 0 Å². The first-order valence-electron chi connectivity index (χ1n) is 5.18. The van der Waals surface area contributed by atoms with E-state index in [2.05, 4.69) is 9.97 Å². The van der Waals surface area contributed by atoms with E-state index in [1.54, 1.807) is 0 Å². The predicted octanol–water partition coefficient (Wildman–Crippen LogP) is 2.02. The Kier molecular flexibility index (Phi) is 3.70. The van der Waals surface area contributed by atoms with Crippen molar-refractivity contribution in [2.45, 2.75) is 16.5 Å². The van der Waals surface area contributed by atoms with Gasteiger partial charge in [0.1, 0.15) is 5.82 Å². The zero-order valence-corrected chi connectivity index (χ0v) is 10.4. The lowest BCUT2D eigenvalue weighted by atomic mass is 10.2. The Morgan fingerprint density at radius 3 is 2.63 bits per heavy atom. The molecule has 5 nitrogen and oxygen atoms in total. The number of nitrogens with zero attached hydrogens (tertiary/aromatic N) is 1. The summed E-state index contributed by atoms with van der Waals surface area (Å²) in [4.78, 5) is 17.8. The number of rotatable bonds is 3. The molecule has 100 valence electrons. The number of benzene rings is 1. The van der Waals surface area contributed by atoms with Crippen LogP contribution in [0.2, 0.25) is 0 Å². The van der Waals surface area contributed by atoms with Gasteiger partial charge in [-0.1, -0.05) is 11.8 Å². The van der Waals surface area contributed by atoms with Gasteiger partial charge in [-0.3, -0.25) is 4.79 Å². The van der Waals surface area contributed by atoms with E-state index in [0.717, 1.165) is 17.8 Å². The molecule has 0 atom stereocenters. The maximum atomic E-state index is 12.9. The van der Waals surface area contributed by atoms with Crippen molar-refractivity contribution in [3.63, 3.8) is 0 Å². The molecular formula is C11H10F2N4OS. The van der Waals surface area contributed by atoms with Crippen molar-refractivity contribution in [1.82, 2.24) is 9.97 Å². The average molecular weight is 284 g/mol. The molecule has 0 aliphatic rings. The van der Waals surface area contributed by atoms with Crippen molar-refractivity contribution < 1.29 is 8.78 Å². The van der Waals surface area contributed by atoms with Gasteiger partial charge < -0.3 is 16.5 Å². The summed E-state index contributed by atoms with van der Waals surface area (Å²) in [6, 6.07) is 5.25. The van der Waals surface area contributed by atoms with Crippen LogP contribution in [0.1, 0.15) is 12.0 Å². The first kappa shape index (κ1) is 13.3. The fraction of sp³-hybridized carbons (Fsp3) is 0.0909. The molecule has 0 spiro atoms. The second-order valence-electron chi connectivity index (χ2n) is 3.68. The number of hydrogen-bond donors (Lipinski definition) is 3. The SMILES string of the molecule is Nc1ccc(Sc2nc(N)cc(=O)[nH]2)c(C(F)F)c1. The van der Waals surface area contributed by atoms with Gasteiger partial charge in [-0.15, -0.1) is 0 Å². The Balaban J connectivity index is 2.40. The van der Waals surface area contributed by atoms with Gasteiger partial charge in [0.05, 0.1) is 0 Å². The molecular weight excluding hydrogens is 274 g/mol. The van der Waals surface area contributed by atoms with Crippen LogP contribution < -0.4 is 17.0 Å². The fourth-order valence-electron chi connectivity index (χ4n) is 1.44. The quantitative estimate of drug-likeness (QED) is 0.591. The number of anilines is 2. The summed E-state index contributed by atoms with van der Waals surface area (Å²) >= 11 is 0.897. The largest absolute Gasteiger partial charge is 0.399 e. The van der Waals surface area contributed by atoms with Gasteiger partial charge >= 0.3 is 0 Å². The molecule has 8 heteroatoms. The van der Waals surface area contributed by atoms with Crippen LogP contribution in [0.3, 0.4) is 0 Å². The third-order valence-corrected chi connectivity index (χ3v) is 3.19. The lowest BCUT2D eigenvalue weighted by Gasteiger charge is -2.08. The molecule has 1 aromatic heterocycles. The Labute approximate surface area is 111 Å². The molecule has 1 aromatic carbocycles. The highest BCUT2D eigenvalue weighted by molar-refractivity contribution is 7.99. The Morgan fingerprint density at radius 1 is 1.26 bits per heavy atom. The number of hydrogen-bond acceptors (Lipinski definition) is 5. The molecule has 0 saturated carbocycles. The van der Waals surface area contributed by atoms with Gasteiger partial charge in [0.25, 0.3) is 12.0 Å². The van der Waals surface area contributed by atoms with Crippen LogP contribution in [0.5, 0.6) is 0 Å². The summed E-state index contributed by atoms with van der Waals surface area (Å²) in [5, 5.41) is 0.150. The first-order valence-corrected chi connectivity index (χ1v) is 5.99. The molecule has 0 unspecified atom stereocenters. The van der Waals surface area contributed by atoms with E-state index in [9.17, 15) is 13.6 Å².